The van der Waals surface area contributed by atoms with E-state index in [2.05, 4.69) is 20.3 Å². The molecule has 0 aliphatic carbocycles. The topological polar surface area (TPSA) is 56.1 Å². The molecule has 0 spiro atoms. The lowest BCUT2D eigenvalue weighted by Gasteiger charge is -2.25. The fourth-order valence-corrected chi connectivity index (χ4v) is 3.43. The molecule has 0 bridgehead atoms. The molecule has 3 aromatic rings. The first-order valence-corrected chi connectivity index (χ1v) is 9.81. The van der Waals surface area contributed by atoms with Gasteiger partial charge in [0.05, 0.1) is 25.3 Å². The zero-order valence-electron chi connectivity index (χ0n) is 16.3. The number of rotatable bonds is 6. The fourth-order valence-electron chi connectivity index (χ4n) is 3.43. The summed E-state index contributed by atoms with van der Waals surface area (Å²) in [6.07, 6.45) is -3.85. The van der Waals surface area contributed by atoms with Crippen molar-refractivity contribution in [3.8, 4) is 11.4 Å². The van der Waals surface area contributed by atoms with E-state index >= 15 is 0 Å². The van der Waals surface area contributed by atoms with Crippen LogP contribution in [0.4, 0.5) is 13.2 Å². The average Bonchev–Trinajstić information content (AvgIpc) is 3.22. The highest BCUT2D eigenvalue weighted by molar-refractivity contribution is 5.60. The average molecular weight is 417 g/mol. The third kappa shape index (κ3) is 5.03. The van der Waals surface area contributed by atoms with Gasteiger partial charge in [0.15, 0.2) is 0 Å². The first-order valence-electron chi connectivity index (χ1n) is 9.81. The van der Waals surface area contributed by atoms with E-state index in [0.717, 1.165) is 61.7 Å². The molecule has 2 heterocycles. The normalized spacial score (nSPS) is 15.4. The van der Waals surface area contributed by atoms with Crippen molar-refractivity contribution >= 4 is 0 Å². The van der Waals surface area contributed by atoms with E-state index in [1.807, 2.05) is 24.3 Å². The third-order valence-corrected chi connectivity index (χ3v) is 5.11. The molecule has 0 atom stereocenters. The van der Waals surface area contributed by atoms with Crippen molar-refractivity contribution in [1.82, 2.24) is 25.1 Å². The van der Waals surface area contributed by atoms with Crippen molar-refractivity contribution in [3.63, 3.8) is 0 Å². The van der Waals surface area contributed by atoms with Gasteiger partial charge in [-0.15, -0.1) is 10.2 Å². The number of ether oxygens (including phenoxy) is 1. The predicted molar refractivity (Wildman–Crippen MR) is 105 cm³/mol. The summed E-state index contributed by atoms with van der Waals surface area (Å²) in [5.41, 5.74) is 1.90. The Labute approximate surface area is 172 Å². The van der Waals surface area contributed by atoms with E-state index in [0.29, 0.717) is 18.8 Å². The molecule has 1 saturated heterocycles. The number of nitrogens with zero attached hydrogens (tertiary/aromatic N) is 5. The summed E-state index contributed by atoms with van der Waals surface area (Å²) in [5, 5.41) is 12.8. The second-order valence-electron chi connectivity index (χ2n) is 7.19. The van der Waals surface area contributed by atoms with Crippen molar-refractivity contribution in [2.45, 2.75) is 19.1 Å². The lowest BCUT2D eigenvalue weighted by Crippen LogP contribution is -2.38. The molecule has 0 N–H and O–H groups in total. The fraction of sp³-hybridized carbons (Fsp3) is 0.381. The van der Waals surface area contributed by atoms with Gasteiger partial charge in [-0.1, -0.05) is 36.4 Å². The Morgan fingerprint density at radius 2 is 1.67 bits per heavy atom. The van der Waals surface area contributed by atoms with E-state index in [9.17, 15) is 13.2 Å². The quantitative estimate of drug-likeness (QED) is 0.616. The van der Waals surface area contributed by atoms with Crippen LogP contribution >= 0.6 is 0 Å². The summed E-state index contributed by atoms with van der Waals surface area (Å²) in [4.78, 5) is 3.88. The minimum atomic E-state index is -4.33. The van der Waals surface area contributed by atoms with Gasteiger partial charge in [-0.3, -0.25) is 4.90 Å². The van der Waals surface area contributed by atoms with E-state index in [1.54, 1.807) is 4.80 Å². The van der Waals surface area contributed by atoms with E-state index in [1.165, 1.54) is 12.1 Å². The molecule has 6 nitrogen and oxygen atoms in total. The Balaban J connectivity index is 1.46. The Hall–Kier alpha value is -2.78. The Kier molecular flexibility index (Phi) is 6.10. The second kappa shape index (κ2) is 8.93. The number of tetrazole rings is 1. The van der Waals surface area contributed by atoms with Gasteiger partial charge in [0.25, 0.3) is 0 Å². The largest absolute Gasteiger partial charge is 0.416 e. The highest BCUT2D eigenvalue weighted by atomic mass is 19.4. The van der Waals surface area contributed by atoms with Crippen LogP contribution in [0.5, 0.6) is 0 Å². The molecular formula is C21H22F3N5O. The lowest BCUT2D eigenvalue weighted by atomic mass is 9.98. The number of alkyl halides is 3. The van der Waals surface area contributed by atoms with Gasteiger partial charge >= 0.3 is 6.18 Å². The monoisotopic (exact) mass is 417 g/mol. The summed E-state index contributed by atoms with van der Waals surface area (Å²) >= 11 is 0. The molecule has 1 aliphatic rings. The highest BCUT2D eigenvalue weighted by Crippen LogP contribution is 2.30. The standard InChI is InChI=1S/C21H22F3N5O/c22-21(23,24)18-7-5-16(6-8-18)15-17-3-1-2-4-19(17)20-25-27-29(26-20)10-9-28-11-13-30-14-12-28/h1-8H,9-15H2. The molecule has 4 rings (SSSR count). The van der Waals surface area contributed by atoms with Crippen molar-refractivity contribution in [3.05, 3.63) is 65.2 Å². The van der Waals surface area contributed by atoms with Gasteiger partial charge in [-0.05, 0) is 34.9 Å². The first kappa shape index (κ1) is 20.5. The molecule has 1 fully saturated rings. The van der Waals surface area contributed by atoms with Crippen molar-refractivity contribution < 1.29 is 17.9 Å². The molecule has 30 heavy (non-hydrogen) atoms. The van der Waals surface area contributed by atoms with Gasteiger partial charge in [0.1, 0.15) is 0 Å². The van der Waals surface area contributed by atoms with Crippen LogP contribution in [0.3, 0.4) is 0 Å². The number of benzene rings is 2. The molecule has 1 aromatic heterocycles. The number of morpholine rings is 1. The molecule has 158 valence electrons. The second-order valence-corrected chi connectivity index (χ2v) is 7.19. The summed E-state index contributed by atoms with van der Waals surface area (Å²) in [6.45, 7) is 4.75. The van der Waals surface area contributed by atoms with Gasteiger partial charge in [0, 0.05) is 25.2 Å². The molecule has 9 heteroatoms. The Morgan fingerprint density at radius 1 is 0.933 bits per heavy atom. The predicted octanol–water partition coefficient (Wildman–Crippen LogP) is 3.28. The van der Waals surface area contributed by atoms with Gasteiger partial charge in [0.2, 0.25) is 5.82 Å². The summed E-state index contributed by atoms with van der Waals surface area (Å²) < 4.78 is 43.7. The van der Waals surface area contributed by atoms with Crippen molar-refractivity contribution in [2.24, 2.45) is 0 Å². The number of halogens is 3. The van der Waals surface area contributed by atoms with Crippen LogP contribution in [0.15, 0.2) is 48.5 Å². The van der Waals surface area contributed by atoms with Crippen LogP contribution in [0.1, 0.15) is 16.7 Å². The van der Waals surface area contributed by atoms with E-state index in [4.69, 9.17) is 4.74 Å². The maximum atomic E-state index is 12.8. The van der Waals surface area contributed by atoms with Crippen LogP contribution in [0, 0.1) is 0 Å². The molecular weight excluding hydrogens is 395 g/mol. The molecule has 0 amide bonds. The number of aromatic nitrogens is 4. The molecule has 1 aliphatic heterocycles. The Morgan fingerprint density at radius 3 is 2.40 bits per heavy atom. The summed E-state index contributed by atoms with van der Waals surface area (Å²) in [7, 11) is 0. The van der Waals surface area contributed by atoms with Crippen molar-refractivity contribution in [1.29, 1.82) is 0 Å². The summed E-state index contributed by atoms with van der Waals surface area (Å²) in [5.74, 6) is 0.513. The van der Waals surface area contributed by atoms with Crippen LogP contribution in [0.25, 0.3) is 11.4 Å². The van der Waals surface area contributed by atoms with Crippen LogP contribution in [-0.4, -0.2) is 58.0 Å². The minimum absolute atomic E-state index is 0.483. The van der Waals surface area contributed by atoms with E-state index in [-0.39, 0.29) is 0 Å². The minimum Gasteiger partial charge on any atom is -0.379 e. The van der Waals surface area contributed by atoms with Gasteiger partial charge in [-0.25, -0.2) is 0 Å². The summed E-state index contributed by atoms with van der Waals surface area (Å²) in [6, 6.07) is 12.9. The SMILES string of the molecule is FC(F)(F)c1ccc(Cc2ccccc2-c2nnn(CCN3CCOCC3)n2)cc1. The van der Waals surface area contributed by atoms with Gasteiger partial charge < -0.3 is 4.74 Å². The van der Waals surface area contributed by atoms with Gasteiger partial charge in [-0.2, -0.15) is 18.0 Å². The number of hydrogen-bond donors (Lipinski definition) is 0. The lowest BCUT2D eigenvalue weighted by molar-refractivity contribution is -0.137. The molecule has 0 saturated carbocycles. The maximum Gasteiger partial charge on any atom is 0.416 e. The van der Waals surface area contributed by atoms with Crippen LogP contribution < -0.4 is 0 Å². The smallest absolute Gasteiger partial charge is 0.379 e. The van der Waals surface area contributed by atoms with Crippen molar-refractivity contribution in [2.75, 3.05) is 32.8 Å². The van der Waals surface area contributed by atoms with E-state index < -0.39 is 11.7 Å². The third-order valence-electron chi connectivity index (χ3n) is 5.11. The molecule has 0 radical (unpaired) electrons. The maximum absolute atomic E-state index is 12.8. The van der Waals surface area contributed by atoms with Crippen LogP contribution in [-0.2, 0) is 23.9 Å². The Bertz CT molecular complexity index is 965. The first-order chi connectivity index (χ1) is 14.5. The highest BCUT2D eigenvalue weighted by Gasteiger charge is 2.29. The van der Waals surface area contributed by atoms with Crippen LogP contribution in [0.2, 0.25) is 0 Å². The molecule has 0 unspecified atom stereocenters. The number of hydrogen-bond acceptors (Lipinski definition) is 5. The molecule has 2 aromatic carbocycles. The zero-order valence-corrected chi connectivity index (χ0v) is 16.3. The zero-order chi connectivity index (χ0) is 21.0.